The van der Waals surface area contributed by atoms with Crippen LogP contribution in [0.25, 0.3) is 0 Å². The van der Waals surface area contributed by atoms with E-state index >= 15 is 0 Å². The van der Waals surface area contributed by atoms with Gasteiger partial charge >= 0.3 is 0 Å². The fraction of sp³-hybridized carbons (Fsp3) is 1.00. The minimum atomic E-state index is 0.485. The highest BCUT2D eigenvalue weighted by atomic mass is 15.2. The van der Waals surface area contributed by atoms with Crippen LogP contribution in [0, 0.1) is 116 Å². The fourth-order valence-corrected chi connectivity index (χ4v) is 26.1. The van der Waals surface area contributed by atoms with Crippen molar-refractivity contribution >= 4 is 0 Å². The lowest BCUT2D eigenvalue weighted by Crippen LogP contribution is -2.56. The van der Waals surface area contributed by atoms with Crippen molar-refractivity contribution in [1.29, 1.82) is 0 Å². The van der Waals surface area contributed by atoms with E-state index in [1.54, 1.807) is 122 Å². The molecule has 0 N–H and O–H groups in total. The van der Waals surface area contributed by atoms with Gasteiger partial charge in [-0.3, -0.25) is 9.80 Å². The molecule has 0 saturated heterocycles. The third-order valence-corrected chi connectivity index (χ3v) is 28.8. The molecule has 13 aliphatic rings. The summed E-state index contributed by atoms with van der Waals surface area (Å²) < 4.78 is 0. The molecule has 0 aromatic carbocycles. The molecule has 0 bridgehead atoms. The summed E-state index contributed by atoms with van der Waals surface area (Å²) in [5.41, 5.74) is 2.15. The molecule has 13 aliphatic carbocycles. The second-order valence-corrected chi connectivity index (χ2v) is 31.8. The number of rotatable bonds is 6. The summed E-state index contributed by atoms with van der Waals surface area (Å²) in [7, 11) is 0. The van der Waals surface area contributed by atoms with E-state index in [0.29, 0.717) is 21.7 Å². The van der Waals surface area contributed by atoms with Crippen molar-refractivity contribution in [1.82, 2.24) is 9.80 Å². The van der Waals surface area contributed by atoms with Crippen LogP contribution in [0.1, 0.15) is 261 Å². The zero-order valence-electron chi connectivity index (χ0n) is 46.2. The molecule has 0 aromatic heterocycles. The first kappa shape index (κ1) is 47.6. The maximum absolute atomic E-state index is 3.52. The Balaban J connectivity index is 0.766. The molecular formula is C66H110N2. The van der Waals surface area contributed by atoms with Crippen LogP contribution in [0.5, 0.6) is 0 Å². The average molecular weight is 932 g/mol. The van der Waals surface area contributed by atoms with Gasteiger partial charge in [-0.25, -0.2) is 0 Å². The van der Waals surface area contributed by atoms with Gasteiger partial charge < -0.3 is 0 Å². The van der Waals surface area contributed by atoms with Gasteiger partial charge in [-0.15, -0.1) is 0 Å². The van der Waals surface area contributed by atoms with Crippen molar-refractivity contribution in [2.45, 2.75) is 297 Å². The predicted molar refractivity (Wildman–Crippen MR) is 285 cm³/mol. The molecule has 68 heavy (non-hydrogen) atoms. The molecule has 0 heterocycles. The Morgan fingerprint density at radius 2 is 0.426 bits per heavy atom. The van der Waals surface area contributed by atoms with E-state index in [0.717, 1.165) is 131 Å². The standard InChI is InChI=1S/C66H110N2/c1-63(2)55-23-15-12-20-47(55)50-31-26-42(36-58(50)63)67(41-18-10-9-11-19-41)43-27-34-53-54-35-30-46(40-62(54)66(7,8)61(53)37-43)68(44-28-32-51-48-21-13-16-24-56(48)64(3,4)59(51)38-44)45-29-33-52-49-22-14-17-25-57(49)65(5,6)60(52)39-45/h41-62H,9-40H2,1-8H3. The van der Waals surface area contributed by atoms with Gasteiger partial charge in [-0.05, 0) is 264 Å². The van der Waals surface area contributed by atoms with E-state index in [4.69, 9.17) is 0 Å². The fourth-order valence-electron chi connectivity index (χ4n) is 26.1. The van der Waals surface area contributed by atoms with Gasteiger partial charge in [0, 0.05) is 36.3 Å². The SMILES string of the molecule is CC1(C)C2CCCCC2C2CCC(N(C3CCCCC3)C3CCC4C5CCC(N(C6CCC7C8CCCCC8C(C)(C)C7C6)C6CCC7C8CCCCC8C(C)(C)C7C6)CC5C(C)(C)C4C3)CC21. The number of nitrogens with zero attached hydrogens (tertiary/aromatic N) is 2. The van der Waals surface area contributed by atoms with Gasteiger partial charge in [0.2, 0.25) is 0 Å². The quantitative estimate of drug-likeness (QED) is 0.262. The summed E-state index contributed by atoms with van der Waals surface area (Å²) in [6.07, 6.45) is 49.3. The lowest BCUT2D eigenvalue weighted by atomic mass is 9.64. The van der Waals surface area contributed by atoms with Crippen LogP contribution in [0.4, 0.5) is 0 Å². The van der Waals surface area contributed by atoms with Crippen LogP contribution in [-0.4, -0.2) is 46.1 Å². The van der Waals surface area contributed by atoms with Crippen molar-refractivity contribution in [3.63, 3.8) is 0 Å². The van der Waals surface area contributed by atoms with Crippen molar-refractivity contribution in [2.75, 3.05) is 0 Å². The Morgan fingerprint density at radius 3 is 0.721 bits per heavy atom. The van der Waals surface area contributed by atoms with Gasteiger partial charge in [-0.1, -0.05) is 113 Å². The molecule has 21 atom stereocenters. The van der Waals surface area contributed by atoms with E-state index in [9.17, 15) is 0 Å². The van der Waals surface area contributed by atoms with Crippen LogP contribution in [0.15, 0.2) is 0 Å². The topological polar surface area (TPSA) is 6.48 Å². The molecule has 13 saturated carbocycles. The molecule has 0 aliphatic heterocycles. The predicted octanol–water partition coefficient (Wildman–Crippen LogP) is 17.4. The van der Waals surface area contributed by atoms with Gasteiger partial charge in [-0.2, -0.15) is 0 Å². The lowest BCUT2D eigenvalue weighted by molar-refractivity contribution is -0.0498. The molecular weight excluding hydrogens is 821 g/mol. The van der Waals surface area contributed by atoms with Crippen LogP contribution >= 0.6 is 0 Å². The smallest absolute Gasteiger partial charge is 0.0104 e. The van der Waals surface area contributed by atoms with E-state index in [1.165, 1.54) is 83.5 Å². The summed E-state index contributed by atoms with van der Waals surface area (Å²) in [5, 5.41) is 0. The molecule has 384 valence electrons. The molecule has 2 heteroatoms. The Hall–Kier alpha value is -0.0800. The largest absolute Gasteiger partial charge is 0.294 e. The van der Waals surface area contributed by atoms with E-state index in [-0.39, 0.29) is 0 Å². The van der Waals surface area contributed by atoms with Crippen LogP contribution in [0.2, 0.25) is 0 Å². The molecule has 13 rings (SSSR count). The number of fused-ring (bicyclic) bond motifs is 12. The van der Waals surface area contributed by atoms with Gasteiger partial charge in [0.05, 0.1) is 0 Å². The highest BCUT2D eigenvalue weighted by Crippen LogP contribution is 2.69. The van der Waals surface area contributed by atoms with Crippen molar-refractivity contribution < 1.29 is 0 Å². The van der Waals surface area contributed by atoms with Gasteiger partial charge in [0.1, 0.15) is 0 Å². The first-order valence-corrected chi connectivity index (χ1v) is 32.3. The second kappa shape index (κ2) is 17.8. The number of hydrogen-bond donors (Lipinski definition) is 0. The molecule has 21 unspecified atom stereocenters. The minimum absolute atomic E-state index is 0.485. The Morgan fingerprint density at radius 1 is 0.206 bits per heavy atom. The Bertz CT molecular complexity index is 1730. The van der Waals surface area contributed by atoms with E-state index in [2.05, 4.69) is 65.2 Å². The Labute approximate surface area is 421 Å². The van der Waals surface area contributed by atoms with Gasteiger partial charge in [0.25, 0.3) is 0 Å². The van der Waals surface area contributed by atoms with Crippen LogP contribution in [-0.2, 0) is 0 Å². The number of hydrogen-bond acceptors (Lipinski definition) is 2. The molecule has 2 nitrogen and oxygen atoms in total. The zero-order valence-corrected chi connectivity index (χ0v) is 46.2. The van der Waals surface area contributed by atoms with Crippen LogP contribution < -0.4 is 0 Å². The molecule has 0 radical (unpaired) electrons. The molecule has 0 amide bonds. The summed E-state index contributed by atoms with van der Waals surface area (Å²) >= 11 is 0. The van der Waals surface area contributed by atoms with Crippen molar-refractivity contribution in [2.24, 2.45) is 116 Å². The summed E-state index contributed by atoms with van der Waals surface area (Å²) in [4.78, 5) is 6.93. The highest BCUT2D eigenvalue weighted by molar-refractivity contribution is 5.14. The molecule has 0 aromatic rings. The van der Waals surface area contributed by atoms with Gasteiger partial charge in [0.15, 0.2) is 0 Å². The first-order chi connectivity index (χ1) is 32.7. The average Bonchev–Trinajstić information content (AvgIpc) is 3.92. The van der Waals surface area contributed by atoms with E-state index in [1.807, 2.05) is 0 Å². The summed E-state index contributed by atoms with van der Waals surface area (Å²) in [6.45, 7) is 22.5. The van der Waals surface area contributed by atoms with Crippen LogP contribution in [0.3, 0.4) is 0 Å². The summed E-state index contributed by atoms with van der Waals surface area (Å²) in [5.74, 6) is 16.2. The molecule has 13 fully saturated rings. The van der Waals surface area contributed by atoms with Crippen molar-refractivity contribution in [3.8, 4) is 0 Å². The van der Waals surface area contributed by atoms with E-state index < -0.39 is 0 Å². The normalized spacial score (nSPS) is 52.2. The maximum Gasteiger partial charge on any atom is 0.0104 e. The minimum Gasteiger partial charge on any atom is -0.294 e. The maximum atomic E-state index is 3.52. The Kier molecular flexibility index (Phi) is 12.4. The lowest BCUT2D eigenvalue weighted by Gasteiger charge is -2.54. The third-order valence-electron chi connectivity index (χ3n) is 28.8. The summed E-state index contributed by atoms with van der Waals surface area (Å²) in [6, 6.07) is 5.18. The first-order valence-electron chi connectivity index (χ1n) is 32.3. The monoisotopic (exact) mass is 931 g/mol. The zero-order chi connectivity index (χ0) is 46.5. The molecule has 0 spiro atoms. The highest BCUT2D eigenvalue weighted by Gasteiger charge is 2.64. The second-order valence-electron chi connectivity index (χ2n) is 31.8. The van der Waals surface area contributed by atoms with Crippen molar-refractivity contribution in [3.05, 3.63) is 0 Å². The third kappa shape index (κ3) is 7.39.